The Balaban J connectivity index is 1.72. The minimum atomic E-state index is -4.72. The van der Waals surface area contributed by atoms with Crippen LogP contribution in [0.3, 0.4) is 0 Å². The smallest absolute Gasteiger partial charge is 0.369 e. The number of nitrogens with one attached hydrogen (secondary N) is 1. The second-order valence-electron chi connectivity index (χ2n) is 8.85. The molecule has 1 fully saturated rings. The van der Waals surface area contributed by atoms with Crippen LogP contribution in [0.4, 0.5) is 30.4 Å². The van der Waals surface area contributed by atoms with Gasteiger partial charge in [-0.15, -0.1) is 0 Å². The van der Waals surface area contributed by atoms with E-state index in [1.54, 1.807) is 6.92 Å². The van der Waals surface area contributed by atoms with Gasteiger partial charge in [-0.3, -0.25) is 10.1 Å². The number of aryl methyl sites for hydroxylation is 1. The van der Waals surface area contributed by atoms with E-state index in [0.29, 0.717) is 22.8 Å². The van der Waals surface area contributed by atoms with Crippen LogP contribution in [0.1, 0.15) is 36.6 Å². The maximum absolute atomic E-state index is 13.4. The molecular formula is C24H26ClF3N6O2. The first-order valence-electron chi connectivity index (χ1n) is 11.5. The molecule has 0 unspecified atom stereocenters. The van der Waals surface area contributed by atoms with Crippen LogP contribution in [-0.2, 0) is 6.18 Å². The summed E-state index contributed by atoms with van der Waals surface area (Å²) in [5, 5.41) is 15.0. The number of benzene rings is 2. The summed E-state index contributed by atoms with van der Waals surface area (Å²) in [6.45, 7) is 10.4. The van der Waals surface area contributed by atoms with E-state index >= 15 is 0 Å². The fraction of sp³-hybridized carbons (Fsp3) is 0.417. The van der Waals surface area contributed by atoms with Gasteiger partial charge in [0, 0.05) is 49.4 Å². The Morgan fingerprint density at radius 2 is 1.83 bits per heavy atom. The number of rotatable bonds is 6. The third kappa shape index (κ3) is 5.46. The first-order valence-corrected chi connectivity index (χ1v) is 11.9. The minimum absolute atomic E-state index is 0.0177. The van der Waals surface area contributed by atoms with E-state index < -0.39 is 28.4 Å². The number of hydrogen-bond donors (Lipinski definition) is 1. The van der Waals surface area contributed by atoms with E-state index in [1.807, 2.05) is 19.1 Å². The normalized spacial score (nSPS) is 15.8. The Hall–Kier alpha value is -3.18. The van der Waals surface area contributed by atoms with Crippen LogP contribution < -0.4 is 10.2 Å². The number of aromatic nitrogens is 2. The average Bonchev–Trinajstić information content (AvgIpc) is 2.82. The van der Waals surface area contributed by atoms with Gasteiger partial charge in [0.15, 0.2) is 0 Å². The molecule has 0 amide bonds. The number of non-ortho nitro benzene ring substituents is 1. The number of nitrogens with zero attached hydrogens (tertiary/aromatic N) is 5. The molecular weight excluding hydrogens is 497 g/mol. The number of fused-ring (bicyclic) bond motifs is 1. The third-order valence-corrected chi connectivity index (χ3v) is 6.65. The van der Waals surface area contributed by atoms with Crippen LogP contribution in [-0.4, -0.2) is 52.5 Å². The molecule has 3 aromatic rings. The summed E-state index contributed by atoms with van der Waals surface area (Å²) in [6.07, 6.45) is -4.72. The fourth-order valence-electron chi connectivity index (χ4n) is 4.44. The molecule has 36 heavy (non-hydrogen) atoms. The van der Waals surface area contributed by atoms with E-state index in [0.717, 1.165) is 56.1 Å². The predicted molar refractivity (Wildman–Crippen MR) is 134 cm³/mol. The van der Waals surface area contributed by atoms with Gasteiger partial charge in [-0.1, -0.05) is 6.92 Å². The van der Waals surface area contributed by atoms with Gasteiger partial charge in [-0.25, -0.2) is 9.97 Å². The molecule has 0 radical (unpaired) electrons. The van der Waals surface area contributed by atoms with Crippen molar-refractivity contribution in [3.05, 3.63) is 62.4 Å². The summed E-state index contributed by atoms with van der Waals surface area (Å²) in [5.41, 5.74) is 1.01. The first kappa shape index (κ1) is 25.9. The molecule has 0 spiro atoms. The molecule has 1 atom stereocenters. The molecule has 1 aliphatic heterocycles. The molecule has 0 aliphatic carbocycles. The Kier molecular flexibility index (Phi) is 7.24. The lowest BCUT2D eigenvalue weighted by Gasteiger charge is -2.36. The zero-order valence-corrected chi connectivity index (χ0v) is 20.8. The van der Waals surface area contributed by atoms with Crippen LogP contribution in [0.2, 0.25) is 5.28 Å². The zero-order valence-electron chi connectivity index (χ0n) is 20.1. The molecule has 0 saturated carbocycles. The molecule has 1 N–H and O–H groups in total. The molecule has 4 rings (SSSR count). The van der Waals surface area contributed by atoms with Crippen molar-refractivity contribution in [3.63, 3.8) is 0 Å². The molecule has 0 bridgehead atoms. The number of nitro groups is 1. The second kappa shape index (κ2) is 10.1. The van der Waals surface area contributed by atoms with Crippen molar-refractivity contribution in [3.8, 4) is 0 Å². The molecule has 8 nitrogen and oxygen atoms in total. The Bertz CT molecular complexity index is 1300. The van der Waals surface area contributed by atoms with Crippen molar-refractivity contribution in [2.45, 2.75) is 33.0 Å². The minimum Gasteiger partial charge on any atom is -0.369 e. The van der Waals surface area contributed by atoms with Gasteiger partial charge in [0.2, 0.25) is 5.28 Å². The van der Waals surface area contributed by atoms with E-state index in [1.165, 1.54) is 0 Å². The summed E-state index contributed by atoms with van der Waals surface area (Å²) in [5.74, 6) is 0.339. The fourth-order valence-corrected chi connectivity index (χ4v) is 4.61. The van der Waals surface area contributed by atoms with Gasteiger partial charge in [-0.2, -0.15) is 13.2 Å². The van der Waals surface area contributed by atoms with Crippen molar-refractivity contribution in [1.82, 2.24) is 14.9 Å². The van der Waals surface area contributed by atoms with Crippen molar-refractivity contribution >= 4 is 39.7 Å². The summed E-state index contributed by atoms with van der Waals surface area (Å²) in [7, 11) is 0. The highest BCUT2D eigenvalue weighted by Gasteiger charge is 2.33. The first-order chi connectivity index (χ1) is 17.0. The maximum Gasteiger partial charge on any atom is 0.416 e. The van der Waals surface area contributed by atoms with Gasteiger partial charge in [0.1, 0.15) is 5.82 Å². The molecule has 1 saturated heterocycles. The maximum atomic E-state index is 13.4. The molecule has 2 aromatic carbocycles. The summed E-state index contributed by atoms with van der Waals surface area (Å²) in [4.78, 5) is 23.7. The number of alkyl halides is 3. The van der Waals surface area contributed by atoms with Crippen LogP contribution in [0.5, 0.6) is 0 Å². The third-order valence-electron chi connectivity index (χ3n) is 6.48. The molecule has 12 heteroatoms. The Morgan fingerprint density at radius 1 is 1.14 bits per heavy atom. The highest BCUT2D eigenvalue weighted by molar-refractivity contribution is 6.28. The van der Waals surface area contributed by atoms with Crippen molar-refractivity contribution < 1.29 is 18.1 Å². The standard InChI is InChI=1S/C24H26ClF3N6O2/c1-4-32-5-7-33(8-6-32)21-13-19-20(9-14(21)2)30-23(25)31-22(19)29-15(3)16-10-17(24(26,27)28)12-18(11-16)34(35)36/h9-13,15H,4-8H2,1-3H3,(H,29,30,31)/t15-/m1/s1. The number of anilines is 2. The van der Waals surface area contributed by atoms with Crippen LogP contribution in [0.25, 0.3) is 10.9 Å². The van der Waals surface area contributed by atoms with Gasteiger partial charge in [0.25, 0.3) is 5.69 Å². The van der Waals surface area contributed by atoms with Crippen molar-refractivity contribution in [2.24, 2.45) is 0 Å². The SMILES string of the molecule is CCN1CCN(c2cc3c(N[C@H](C)c4cc([N+](=O)[O-])cc(C(F)(F)F)c4)nc(Cl)nc3cc2C)CC1. The Labute approximate surface area is 211 Å². The average molecular weight is 523 g/mol. The number of hydrogen-bond acceptors (Lipinski definition) is 7. The van der Waals surface area contributed by atoms with Crippen LogP contribution >= 0.6 is 11.6 Å². The summed E-state index contributed by atoms with van der Waals surface area (Å²) >= 11 is 6.16. The predicted octanol–water partition coefficient (Wildman–Crippen LogP) is 5.83. The van der Waals surface area contributed by atoms with Crippen molar-refractivity contribution in [1.29, 1.82) is 0 Å². The quantitative estimate of drug-likeness (QED) is 0.247. The van der Waals surface area contributed by atoms with Crippen LogP contribution in [0, 0.1) is 17.0 Å². The number of nitro benzene ring substituents is 1. The largest absolute Gasteiger partial charge is 0.416 e. The van der Waals surface area contributed by atoms with Crippen molar-refractivity contribution in [2.75, 3.05) is 42.9 Å². The molecule has 1 aliphatic rings. The van der Waals surface area contributed by atoms with E-state index in [9.17, 15) is 23.3 Å². The molecule has 1 aromatic heterocycles. The number of halogens is 4. The second-order valence-corrected chi connectivity index (χ2v) is 9.19. The zero-order chi connectivity index (χ0) is 26.2. The van der Waals surface area contributed by atoms with E-state index in [-0.39, 0.29) is 10.8 Å². The topological polar surface area (TPSA) is 87.4 Å². The van der Waals surface area contributed by atoms with E-state index in [2.05, 4.69) is 32.0 Å². The lowest BCUT2D eigenvalue weighted by Crippen LogP contribution is -2.46. The molecule has 2 heterocycles. The van der Waals surface area contributed by atoms with Gasteiger partial charge in [-0.05, 0) is 61.3 Å². The summed E-state index contributed by atoms with van der Waals surface area (Å²) in [6, 6.07) is 5.69. The van der Waals surface area contributed by atoms with Gasteiger partial charge in [0.05, 0.1) is 22.0 Å². The van der Waals surface area contributed by atoms with E-state index in [4.69, 9.17) is 11.6 Å². The van der Waals surface area contributed by atoms with Crippen LogP contribution in [0.15, 0.2) is 30.3 Å². The van der Waals surface area contributed by atoms with Gasteiger partial charge >= 0.3 is 6.18 Å². The van der Waals surface area contributed by atoms with Gasteiger partial charge < -0.3 is 15.1 Å². The summed E-state index contributed by atoms with van der Waals surface area (Å²) < 4.78 is 40.1. The number of likely N-dealkylation sites (N-methyl/N-ethyl adjacent to an activating group) is 1. The monoisotopic (exact) mass is 522 g/mol. The molecule has 192 valence electrons. The highest BCUT2D eigenvalue weighted by Crippen LogP contribution is 2.36. The number of piperazine rings is 1. The highest BCUT2D eigenvalue weighted by atomic mass is 35.5. The Morgan fingerprint density at radius 3 is 2.44 bits per heavy atom. The lowest BCUT2D eigenvalue weighted by molar-refractivity contribution is -0.385. The lowest BCUT2D eigenvalue weighted by atomic mass is 10.0.